The van der Waals surface area contributed by atoms with Crippen molar-refractivity contribution < 1.29 is 4.74 Å². The van der Waals surface area contributed by atoms with E-state index in [0.717, 1.165) is 27.7 Å². The van der Waals surface area contributed by atoms with Gasteiger partial charge in [0, 0.05) is 11.6 Å². The van der Waals surface area contributed by atoms with Crippen molar-refractivity contribution in [1.82, 2.24) is 4.98 Å². The van der Waals surface area contributed by atoms with Crippen LogP contribution in [0.25, 0.3) is 22.2 Å². The van der Waals surface area contributed by atoms with Crippen molar-refractivity contribution in [3.8, 4) is 23.1 Å². The highest BCUT2D eigenvalue weighted by Gasteiger charge is 2.17. The minimum atomic E-state index is 0.0890. The number of hydrogen-bond acceptors (Lipinski definition) is 3. The second kappa shape index (κ2) is 8.24. The average Bonchev–Trinajstić information content (AvgIpc) is 2.76. The van der Waals surface area contributed by atoms with E-state index in [4.69, 9.17) is 9.72 Å². The molecule has 1 aromatic heterocycles. The molecule has 0 saturated heterocycles. The van der Waals surface area contributed by atoms with E-state index in [1.54, 1.807) is 0 Å². The number of fused-ring (bicyclic) bond motifs is 1. The van der Waals surface area contributed by atoms with Gasteiger partial charge in [0.1, 0.15) is 12.4 Å². The molecule has 0 unspecified atom stereocenters. The Morgan fingerprint density at radius 1 is 0.935 bits per heavy atom. The van der Waals surface area contributed by atoms with Gasteiger partial charge in [0.2, 0.25) is 0 Å². The van der Waals surface area contributed by atoms with Gasteiger partial charge in [-0.2, -0.15) is 5.26 Å². The van der Waals surface area contributed by atoms with Crippen LogP contribution in [0.15, 0.2) is 72.8 Å². The van der Waals surface area contributed by atoms with E-state index in [-0.39, 0.29) is 5.41 Å². The summed E-state index contributed by atoms with van der Waals surface area (Å²) < 4.78 is 6.24. The lowest BCUT2D eigenvalue weighted by Crippen LogP contribution is -2.11. The monoisotopic (exact) mass is 406 g/mol. The molecule has 4 rings (SSSR count). The molecule has 0 fully saturated rings. The minimum Gasteiger partial charge on any atom is -0.488 e. The van der Waals surface area contributed by atoms with Crippen molar-refractivity contribution in [1.29, 1.82) is 5.26 Å². The van der Waals surface area contributed by atoms with E-state index in [0.29, 0.717) is 17.9 Å². The lowest BCUT2D eigenvalue weighted by Gasteiger charge is -2.21. The molecule has 3 heteroatoms. The van der Waals surface area contributed by atoms with Crippen LogP contribution in [0.5, 0.6) is 5.75 Å². The first-order chi connectivity index (χ1) is 14.9. The highest BCUT2D eigenvalue weighted by atomic mass is 16.5. The molecule has 0 atom stereocenters. The summed E-state index contributed by atoms with van der Waals surface area (Å²) in [6, 6.07) is 26.4. The van der Waals surface area contributed by atoms with Crippen molar-refractivity contribution in [2.24, 2.45) is 0 Å². The van der Waals surface area contributed by atoms with Gasteiger partial charge in [-0.3, -0.25) is 0 Å². The zero-order chi connectivity index (χ0) is 22.0. The molecule has 0 radical (unpaired) electrons. The topological polar surface area (TPSA) is 45.9 Å². The Hall–Kier alpha value is -3.64. The van der Waals surface area contributed by atoms with Gasteiger partial charge in [-0.15, -0.1) is 0 Å². The third-order valence-corrected chi connectivity index (χ3v) is 5.52. The summed E-state index contributed by atoms with van der Waals surface area (Å²) in [4.78, 5) is 4.89. The van der Waals surface area contributed by atoms with Crippen molar-refractivity contribution in [3.05, 3.63) is 95.1 Å². The van der Waals surface area contributed by atoms with E-state index in [1.165, 1.54) is 11.1 Å². The lowest BCUT2D eigenvalue weighted by molar-refractivity contribution is 0.310. The maximum Gasteiger partial charge on any atom is 0.132 e. The number of rotatable bonds is 4. The molecular weight excluding hydrogens is 380 g/mol. The third kappa shape index (κ3) is 4.29. The first kappa shape index (κ1) is 20.6. The van der Waals surface area contributed by atoms with Gasteiger partial charge >= 0.3 is 0 Å². The fourth-order valence-corrected chi connectivity index (χ4v) is 3.75. The Morgan fingerprint density at radius 3 is 2.39 bits per heavy atom. The summed E-state index contributed by atoms with van der Waals surface area (Å²) in [5.74, 6) is 0.681. The summed E-state index contributed by atoms with van der Waals surface area (Å²) in [5, 5.41) is 10.4. The van der Waals surface area contributed by atoms with E-state index in [9.17, 15) is 5.26 Å². The predicted molar refractivity (Wildman–Crippen MR) is 126 cm³/mol. The number of benzene rings is 3. The van der Waals surface area contributed by atoms with Crippen molar-refractivity contribution in [2.75, 3.05) is 0 Å². The van der Waals surface area contributed by atoms with Gasteiger partial charge in [0.05, 0.1) is 28.2 Å². The Morgan fingerprint density at radius 2 is 1.71 bits per heavy atom. The Labute approximate surface area is 184 Å². The summed E-state index contributed by atoms with van der Waals surface area (Å²) in [5.41, 5.74) is 6.88. The van der Waals surface area contributed by atoms with Crippen LogP contribution in [-0.2, 0) is 12.0 Å². The molecule has 0 aliphatic rings. The second-order valence-corrected chi connectivity index (χ2v) is 8.87. The van der Waals surface area contributed by atoms with E-state index in [2.05, 4.69) is 52.0 Å². The molecule has 3 aromatic carbocycles. The molecule has 0 saturated carbocycles. The fourth-order valence-electron chi connectivity index (χ4n) is 3.75. The minimum absolute atomic E-state index is 0.0890. The van der Waals surface area contributed by atoms with Crippen LogP contribution in [0, 0.1) is 18.3 Å². The molecule has 1 heterocycles. The number of nitrogens with zero attached hydrogens (tertiary/aromatic N) is 2. The van der Waals surface area contributed by atoms with Gasteiger partial charge in [-0.25, -0.2) is 4.98 Å². The van der Waals surface area contributed by atoms with Crippen LogP contribution >= 0.6 is 0 Å². The molecule has 3 nitrogen and oxygen atoms in total. The number of pyridine rings is 1. The molecule has 31 heavy (non-hydrogen) atoms. The number of aryl methyl sites for hydroxylation is 1. The number of nitriles is 1. The molecule has 0 bridgehead atoms. The van der Waals surface area contributed by atoms with Crippen LogP contribution < -0.4 is 4.74 Å². The smallest absolute Gasteiger partial charge is 0.132 e. The first-order valence-electron chi connectivity index (χ1n) is 10.5. The Bertz CT molecular complexity index is 1280. The number of hydrogen-bond donors (Lipinski definition) is 0. The summed E-state index contributed by atoms with van der Waals surface area (Å²) in [6.07, 6.45) is 0. The molecule has 0 aliphatic heterocycles. The summed E-state index contributed by atoms with van der Waals surface area (Å²) in [7, 11) is 0. The largest absolute Gasteiger partial charge is 0.488 e. The van der Waals surface area contributed by atoms with Crippen LogP contribution in [0.2, 0.25) is 0 Å². The molecule has 0 N–H and O–H groups in total. The lowest BCUT2D eigenvalue weighted by atomic mass is 9.85. The summed E-state index contributed by atoms with van der Waals surface area (Å²) >= 11 is 0. The average molecular weight is 407 g/mol. The molecule has 0 amide bonds. The van der Waals surface area contributed by atoms with Gasteiger partial charge in [-0.05, 0) is 41.2 Å². The van der Waals surface area contributed by atoms with Crippen molar-refractivity contribution >= 4 is 10.9 Å². The highest BCUT2D eigenvalue weighted by Crippen LogP contribution is 2.35. The Kier molecular flexibility index (Phi) is 5.48. The predicted octanol–water partition coefficient (Wildman–Crippen LogP) is 6.96. The quantitative estimate of drug-likeness (QED) is 0.368. The standard InChI is InChI=1S/C28H26N2O/c1-19-15-22(28(2,3)4)13-14-23(19)25-16-26(31-18-20-9-6-5-7-10-20)27-21(17-29)11-8-12-24(27)30-25/h5-16H,18H2,1-4H3. The molecular formula is C28H26N2O. The van der Waals surface area contributed by atoms with Crippen molar-refractivity contribution in [3.63, 3.8) is 0 Å². The van der Waals surface area contributed by atoms with Crippen LogP contribution in [-0.4, -0.2) is 4.98 Å². The van der Waals surface area contributed by atoms with Gasteiger partial charge in [-0.1, -0.05) is 75.4 Å². The first-order valence-corrected chi connectivity index (χ1v) is 10.5. The highest BCUT2D eigenvalue weighted by molar-refractivity contribution is 5.92. The SMILES string of the molecule is Cc1cc(C(C)(C)C)ccc1-c1cc(OCc2ccccc2)c2c(C#N)cccc2n1. The van der Waals surface area contributed by atoms with Gasteiger partial charge in [0.25, 0.3) is 0 Å². The zero-order valence-electron chi connectivity index (χ0n) is 18.4. The molecule has 4 aromatic rings. The fraction of sp³-hybridized carbons (Fsp3) is 0.214. The van der Waals surface area contributed by atoms with Crippen LogP contribution in [0.3, 0.4) is 0 Å². The van der Waals surface area contributed by atoms with Gasteiger partial charge in [0.15, 0.2) is 0 Å². The van der Waals surface area contributed by atoms with Crippen LogP contribution in [0.1, 0.15) is 43.0 Å². The number of ether oxygens (including phenoxy) is 1. The van der Waals surface area contributed by atoms with E-state index >= 15 is 0 Å². The normalized spacial score (nSPS) is 11.3. The number of aromatic nitrogens is 1. The molecule has 154 valence electrons. The van der Waals surface area contributed by atoms with E-state index in [1.807, 2.05) is 54.6 Å². The molecule has 0 spiro atoms. The zero-order valence-corrected chi connectivity index (χ0v) is 18.4. The third-order valence-electron chi connectivity index (χ3n) is 5.52. The maximum absolute atomic E-state index is 9.65. The summed E-state index contributed by atoms with van der Waals surface area (Å²) in [6.45, 7) is 9.20. The van der Waals surface area contributed by atoms with E-state index < -0.39 is 0 Å². The maximum atomic E-state index is 9.65. The Balaban J connectivity index is 1.83. The molecule has 0 aliphatic carbocycles. The van der Waals surface area contributed by atoms with Gasteiger partial charge < -0.3 is 4.74 Å². The van der Waals surface area contributed by atoms with Crippen molar-refractivity contribution in [2.45, 2.75) is 39.7 Å². The second-order valence-electron chi connectivity index (χ2n) is 8.87. The van der Waals surface area contributed by atoms with Crippen LogP contribution in [0.4, 0.5) is 0 Å².